The molecule has 0 fully saturated rings. The summed E-state index contributed by atoms with van der Waals surface area (Å²) in [5.41, 5.74) is 2.49. The second-order valence-corrected chi connectivity index (χ2v) is 5.98. The minimum absolute atomic E-state index is 0.0828. The molecule has 0 unspecified atom stereocenters. The number of nitrogens with zero attached hydrogens (tertiary/aromatic N) is 1. The summed E-state index contributed by atoms with van der Waals surface area (Å²) in [4.78, 5) is 25.2. The Balaban J connectivity index is 2.27. The van der Waals surface area contributed by atoms with Gasteiger partial charge in [-0.15, -0.1) is 0 Å². The molecule has 1 aliphatic rings. The van der Waals surface area contributed by atoms with E-state index in [1.54, 1.807) is 0 Å². The normalized spacial score (nSPS) is 14.2. The fourth-order valence-electron chi connectivity index (χ4n) is 2.30. The van der Waals surface area contributed by atoms with E-state index in [1.165, 1.54) is 6.92 Å². The van der Waals surface area contributed by atoms with Gasteiger partial charge in [-0.2, -0.15) is 0 Å². The third-order valence-corrected chi connectivity index (χ3v) is 3.18. The molecule has 1 aromatic carbocycles. The third kappa shape index (κ3) is 2.78. The maximum Gasteiger partial charge on any atom is 0.232 e. The molecule has 4 heteroatoms. The number of nitrogens with one attached hydrogen (secondary N) is 1. The van der Waals surface area contributed by atoms with Gasteiger partial charge in [-0.3, -0.25) is 9.59 Å². The van der Waals surface area contributed by atoms with Crippen LogP contribution in [0.25, 0.3) is 0 Å². The average molecular weight is 260 g/mol. The van der Waals surface area contributed by atoms with E-state index in [0.717, 1.165) is 29.9 Å². The maximum atomic E-state index is 12.3. The van der Waals surface area contributed by atoms with Gasteiger partial charge in [0.05, 0.1) is 0 Å². The molecule has 0 bridgehead atoms. The fourth-order valence-corrected chi connectivity index (χ4v) is 2.30. The van der Waals surface area contributed by atoms with Crippen molar-refractivity contribution in [3.63, 3.8) is 0 Å². The predicted molar refractivity (Wildman–Crippen MR) is 76.3 cm³/mol. The molecule has 1 aromatic rings. The topological polar surface area (TPSA) is 49.4 Å². The molecule has 0 saturated carbocycles. The van der Waals surface area contributed by atoms with Crippen molar-refractivity contribution in [3.05, 3.63) is 23.8 Å². The smallest absolute Gasteiger partial charge is 0.232 e. The van der Waals surface area contributed by atoms with Gasteiger partial charge in [0.1, 0.15) is 0 Å². The Morgan fingerprint density at radius 1 is 1.26 bits per heavy atom. The molecule has 19 heavy (non-hydrogen) atoms. The van der Waals surface area contributed by atoms with E-state index in [0.29, 0.717) is 0 Å². The number of carbonyl (C=O) groups excluding carboxylic acids is 2. The van der Waals surface area contributed by atoms with Crippen molar-refractivity contribution in [2.45, 2.75) is 34.1 Å². The molecule has 102 valence electrons. The molecule has 0 atom stereocenters. The first-order chi connectivity index (χ1) is 8.79. The van der Waals surface area contributed by atoms with E-state index in [2.05, 4.69) is 5.32 Å². The first-order valence-electron chi connectivity index (χ1n) is 6.51. The van der Waals surface area contributed by atoms with Gasteiger partial charge in [0, 0.05) is 30.3 Å². The van der Waals surface area contributed by atoms with Crippen LogP contribution in [0.15, 0.2) is 18.2 Å². The first-order valence-corrected chi connectivity index (χ1v) is 6.51. The van der Waals surface area contributed by atoms with Crippen molar-refractivity contribution in [1.29, 1.82) is 0 Å². The summed E-state index contributed by atoms with van der Waals surface area (Å²) in [7, 11) is 0. The number of carbonyl (C=O) groups is 2. The lowest BCUT2D eigenvalue weighted by Gasteiger charge is -2.26. The number of benzene rings is 1. The van der Waals surface area contributed by atoms with E-state index in [4.69, 9.17) is 0 Å². The molecule has 0 spiro atoms. The molecule has 2 rings (SSSR count). The van der Waals surface area contributed by atoms with Gasteiger partial charge >= 0.3 is 0 Å². The zero-order valence-corrected chi connectivity index (χ0v) is 11.9. The van der Waals surface area contributed by atoms with Gasteiger partial charge in [0.25, 0.3) is 0 Å². The van der Waals surface area contributed by atoms with Crippen LogP contribution in [0.2, 0.25) is 0 Å². The van der Waals surface area contributed by atoms with E-state index in [1.807, 2.05) is 43.9 Å². The lowest BCUT2D eigenvalue weighted by atomic mass is 9.94. The summed E-state index contributed by atoms with van der Waals surface area (Å²) >= 11 is 0. The zero-order chi connectivity index (χ0) is 14.2. The number of rotatable bonds is 1. The van der Waals surface area contributed by atoms with E-state index in [-0.39, 0.29) is 17.2 Å². The molecule has 2 amide bonds. The lowest BCUT2D eigenvalue weighted by Crippen LogP contribution is -2.38. The number of fused-ring (bicyclic) bond motifs is 1. The highest BCUT2D eigenvalue weighted by atomic mass is 16.2. The predicted octanol–water partition coefficient (Wildman–Crippen LogP) is 2.58. The van der Waals surface area contributed by atoms with Crippen LogP contribution < -0.4 is 10.2 Å². The zero-order valence-electron chi connectivity index (χ0n) is 11.9. The van der Waals surface area contributed by atoms with Crippen molar-refractivity contribution >= 4 is 23.2 Å². The van der Waals surface area contributed by atoms with Gasteiger partial charge in [-0.05, 0) is 30.2 Å². The minimum Gasteiger partial charge on any atom is -0.326 e. The monoisotopic (exact) mass is 260 g/mol. The molecule has 0 saturated heterocycles. The van der Waals surface area contributed by atoms with Crippen molar-refractivity contribution < 1.29 is 9.59 Å². The minimum atomic E-state index is -0.377. The van der Waals surface area contributed by atoms with Crippen molar-refractivity contribution in [1.82, 2.24) is 0 Å². The Bertz CT molecular complexity index is 529. The highest BCUT2D eigenvalue weighted by molar-refractivity contribution is 5.99. The summed E-state index contributed by atoms with van der Waals surface area (Å²) in [6.45, 7) is 7.99. The van der Waals surface area contributed by atoms with Gasteiger partial charge < -0.3 is 10.2 Å². The maximum absolute atomic E-state index is 12.3. The van der Waals surface area contributed by atoms with Crippen molar-refractivity contribution in [2.24, 2.45) is 5.41 Å². The largest absolute Gasteiger partial charge is 0.326 e. The summed E-state index contributed by atoms with van der Waals surface area (Å²) < 4.78 is 0. The Kier molecular flexibility index (Phi) is 3.35. The number of anilines is 2. The quantitative estimate of drug-likeness (QED) is 0.843. The SMILES string of the molecule is CC(=O)Nc1ccc2c(c1)CCN2C(=O)C(C)(C)C. The van der Waals surface area contributed by atoms with Crippen LogP contribution in [0, 0.1) is 5.41 Å². The second kappa shape index (κ2) is 4.68. The lowest BCUT2D eigenvalue weighted by molar-refractivity contribution is -0.125. The van der Waals surface area contributed by atoms with Gasteiger partial charge in [-0.1, -0.05) is 20.8 Å². The molecule has 0 aromatic heterocycles. The van der Waals surface area contributed by atoms with E-state index in [9.17, 15) is 9.59 Å². The van der Waals surface area contributed by atoms with Crippen LogP contribution in [0.4, 0.5) is 11.4 Å². The van der Waals surface area contributed by atoms with Gasteiger partial charge in [0.15, 0.2) is 0 Å². The summed E-state index contributed by atoms with van der Waals surface area (Å²) in [5, 5.41) is 2.77. The highest BCUT2D eigenvalue weighted by Crippen LogP contribution is 2.33. The molecule has 1 heterocycles. The van der Waals surface area contributed by atoms with Gasteiger partial charge in [-0.25, -0.2) is 0 Å². The Morgan fingerprint density at radius 2 is 1.95 bits per heavy atom. The van der Waals surface area contributed by atoms with Crippen LogP contribution in [0.1, 0.15) is 33.3 Å². The molecule has 4 nitrogen and oxygen atoms in total. The van der Waals surface area contributed by atoms with Crippen LogP contribution in [0.5, 0.6) is 0 Å². The standard InChI is InChI=1S/C15H20N2O2/c1-10(18)16-12-5-6-13-11(9-12)7-8-17(13)14(19)15(2,3)4/h5-6,9H,7-8H2,1-4H3,(H,16,18). The highest BCUT2D eigenvalue weighted by Gasteiger charge is 2.32. The molecular formula is C15H20N2O2. The Hall–Kier alpha value is -1.84. The van der Waals surface area contributed by atoms with Gasteiger partial charge in [0.2, 0.25) is 11.8 Å². The van der Waals surface area contributed by atoms with Crippen LogP contribution >= 0.6 is 0 Å². The molecule has 1 aliphatic heterocycles. The third-order valence-electron chi connectivity index (χ3n) is 3.18. The molecule has 0 aliphatic carbocycles. The molecule has 0 radical (unpaired) electrons. The summed E-state index contributed by atoms with van der Waals surface area (Å²) in [6.07, 6.45) is 0.838. The number of hydrogen-bond donors (Lipinski definition) is 1. The summed E-state index contributed by atoms with van der Waals surface area (Å²) in [5.74, 6) is 0.0547. The van der Waals surface area contributed by atoms with E-state index >= 15 is 0 Å². The van der Waals surface area contributed by atoms with Crippen LogP contribution in [-0.4, -0.2) is 18.4 Å². The molecular weight excluding hydrogens is 240 g/mol. The van der Waals surface area contributed by atoms with E-state index < -0.39 is 0 Å². The molecule has 1 N–H and O–H groups in total. The van der Waals surface area contributed by atoms with Crippen molar-refractivity contribution in [2.75, 3.05) is 16.8 Å². The Labute approximate surface area is 113 Å². The number of hydrogen-bond acceptors (Lipinski definition) is 2. The fraction of sp³-hybridized carbons (Fsp3) is 0.467. The Morgan fingerprint density at radius 3 is 2.53 bits per heavy atom. The van der Waals surface area contributed by atoms with Crippen LogP contribution in [-0.2, 0) is 16.0 Å². The average Bonchev–Trinajstić information content (AvgIpc) is 2.68. The van der Waals surface area contributed by atoms with Crippen molar-refractivity contribution in [3.8, 4) is 0 Å². The first kappa shape index (κ1) is 13.6. The second-order valence-electron chi connectivity index (χ2n) is 5.98. The number of amides is 2. The summed E-state index contributed by atoms with van der Waals surface area (Å²) in [6, 6.07) is 5.71. The van der Waals surface area contributed by atoms with Crippen LogP contribution in [0.3, 0.4) is 0 Å².